The summed E-state index contributed by atoms with van der Waals surface area (Å²) in [6.07, 6.45) is 1.52. The molecule has 96 valence electrons. The maximum absolute atomic E-state index is 11.7. The molecule has 0 radical (unpaired) electrons. The highest BCUT2D eigenvalue weighted by Crippen LogP contribution is 2.32. The fourth-order valence-electron chi connectivity index (χ4n) is 2.71. The van der Waals surface area contributed by atoms with Crippen molar-refractivity contribution >= 4 is 17.4 Å². The predicted molar refractivity (Wildman–Crippen MR) is 79.0 cm³/mol. The number of Topliss-reactive ketones (excluding diaryl/α,β-unsaturated/α-hetero) is 1. The zero-order valence-electron chi connectivity index (χ0n) is 11.1. The number of halogens is 1. The average molecular weight is 271 g/mol. The number of ketones is 1. The van der Waals surface area contributed by atoms with Crippen LogP contribution in [0.2, 0.25) is 5.02 Å². The van der Waals surface area contributed by atoms with Crippen LogP contribution in [0.5, 0.6) is 0 Å². The molecule has 0 bridgehead atoms. The number of carbonyl (C=O) groups excluding carboxylic acids is 1. The van der Waals surface area contributed by atoms with Gasteiger partial charge in [-0.15, -0.1) is 0 Å². The molecule has 0 aromatic heterocycles. The van der Waals surface area contributed by atoms with E-state index in [9.17, 15) is 4.79 Å². The summed E-state index contributed by atoms with van der Waals surface area (Å²) in [6, 6.07) is 10.3. The first kappa shape index (κ1) is 12.4. The lowest BCUT2D eigenvalue weighted by Gasteiger charge is -2.10. The van der Waals surface area contributed by atoms with E-state index in [0.29, 0.717) is 6.42 Å². The van der Waals surface area contributed by atoms with E-state index in [0.717, 1.165) is 22.6 Å². The predicted octanol–water partition coefficient (Wildman–Crippen LogP) is 4.75. The van der Waals surface area contributed by atoms with Crippen molar-refractivity contribution in [2.45, 2.75) is 26.7 Å². The fourth-order valence-corrected chi connectivity index (χ4v) is 2.93. The third-order valence-electron chi connectivity index (χ3n) is 3.84. The van der Waals surface area contributed by atoms with E-state index < -0.39 is 0 Å². The van der Waals surface area contributed by atoms with Gasteiger partial charge in [-0.1, -0.05) is 29.8 Å². The Bertz CT molecular complexity index is 686. The highest BCUT2D eigenvalue weighted by molar-refractivity contribution is 6.31. The highest BCUT2D eigenvalue weighted by atomic mass is 35.5. The van der Waals surface area contributed by atoms with Crippen molar-refractivity contribution in [1.29, 1.82) is 0 Å². The monoisotopic (exact) mass is 270 g/mol. The Balaban J connectivity index is 2.13. The number of aryl methyl sites for hydroxylation is 3. The zero-order valence-corrected chi connectivity index (χ0v) is 11.8. The van der Waals surface area contributed by atoms with Crippen molar-refractivity contribution in [1.82, 2.24) is 0 Å². The molecule has 3 rings (SSSR count). The number of rotatable bonds is 1. The summed E-state index contributed by atoms with van der Waals surface area (Å²) in [5.41, 5.74) is 6.69. The van der Waals surface area contributed by atoms with Crippen molar-refractivity contribution in [3.05, 3.63) is 57.6 Å². The molecule has 0 saturated heterocycles. The Morgan fingerprint density at radius 3 is 2.53 bits per heavy atom. The van der Waals surface area contributed by atoms with Gasteiger partial charge in [0.15, 0.2) is 5.78 Å². The molecule has 0 spiro atoms. The summed E-state index contributed by atoms with van der Waals surface area (Å²) in [5.74, 6) is 0.269. The molecule has 0 unspecified atom stereocenters. The van der Waals surface area contributed by atoms with Crippen LogP contribution in [-0.2, 0) is 6.42 Å². The molecule has 19 heavy (non-hydrogen) atoms. The number of hydrogen-bond acceptors (Lipinski definition) is 1. The second-order valence-corrected chi connectivity index (χ2v) is 5.62. The van der Waals surface area contributed by atoms with Gasteiger partial charge in [-0.3, -0.25) is 4.79 Å². The number of hydrogen-bond donors (Lipinski definition) is 0. The molecule has 1 aliphatic rings. The summed E-state index contributed by atoms with van der Waals surface area (Å²) >= 11 is 6.14. The standard InChI is InChI=1S/C17H15ClO/c1-10-8-16(18)11(2)7-15(10)13-3-5-14-12(9-13)4-6-17(14)19/h3,5,7-9H,4,6H2,1-2H3. The summed E-state index contributed by atoms with van der Waals surface area (Å²) in [6.45, 7) is 4.08. The average Bonchev–Trinajstić information content (AvgIpc) is 2.75. The lowest BCUT2D eigenvalue weighted by molar-refractivity contribution is 0.0994. The minimum Gasteiger partial charge on any atom is -0.294 e. The number of benzene rings is 2. The first-order valence-corrected chi connectivity index (χ1v) is 6.87. The Labute approximate surface area is 118 Å². The maximum atomic E-state index is 11.7. The highest BCUT2D eigenvalue weighted by Gasteiger charge is 2.19. The van der Waals surface area contributed by atoms with Crippen LogP contribution in [0.4, 0.5) is 0 Å². The van der Waals surface area contributed by atoms with Gasteiger partial charge in [0.1, 0.15) is 0 Å². The first-order valence-electron chi connectivity index (χ1n) is 6.49. The molecular formula is C17H15ClO. The van der Waals surface area contributed by atoms with Gasteiger partial charge in [0, 0.05) is 17.0 Å². The van der Waals surface area contributed by atoms with Gasteiger partial charge in [-0.2, -0.15) is 0 Å². The topological polar surface area (TPSA) is 17.1 Å². The molecule has 2 aromatic rings. The molecule has 1 aliphatic carbocycles. The Hall–Kier alpha value is -1.60. The van der Waals surface area contributed by atoms with Crippen LogP contribution in [0.15, 0.2) is 30.3 Å². The van der Waals surface area contributed by atoms with E-state index in [-0.39, 0.29) is 5.78 Å². The van der Waals surface area contributed by atoms with Crippen LogP contribution in [0.1, 0.15) is 33.5 Å². The lowest BCUT2D eigenvalue weighted by Crippen LogP contribution is -1.92. The molecule has 0 atom stereocenters. The molecule has 0 fully saturated rings. The molecule has 0 amide bonds. The first-order chi connectivity index (χ1) is 9.06. The molecule has 0 N–H and O–H groups in total. The van der Waals surface area contributed by atoms with E-state index in [1.54, 1.807) is 0 Å². The normalized spacial score (nSPS) is 13.7. The van der Waals surface area contributed by atoms with Gasteiger partial charge >= 0.3 is 0 Å². The van der Waals surface area contributed by atoms with E-state index in [1.165, 1.54) is 22.3 Å². The maximum Gasteiger partial charge on any atom is 0.163 e. The van der Waals surface area contributed by atoms with Crippen LogP contribution in [0.3, 0.4) is 0 Å². The van der Waals surface area contributed by atoms with Crippen molar-refractivity contribution in [3.63, 3.8) is 0 Å². The lowest BCUT2D eigenvalue weighted by atomic mass is 9.95. The third-order valence-corrected chi connectivity index (χ3v) is 4.25. The van der Waals surface area contributed by atoms with E-state index in [1.807, 2.05) is 25.1 Å². The molecule has 1 nitrogen and oxygen atoms in total. The van der Waals surface area contributed by atoms with Gasteiger partial charge in [-0.25, -0.2) is 0 Å². The molecule has 0 aliphatic heterocycles. The quantitative estimate of drug-likeness (QED) is 0.731. The summed E-state index contributed by atoms with van der Waals surface area (Å²) in [7, 11) is 0. The van der Waals surface area contributed by atoms with E-state index in [4.69, 9.17) is 11.6 Å². The molecule has 0 saturated carbocycles. The minimum atomic E-state index is 0.269. The van der Waals surface area contributed by atoms with Gasteiger partial charge < -0.3 is 0 Å². The third kappa shape index (κ3) is 2.08. The second-order valence-electron chi connectivity index (χ2n) is 5.21. The van der Waals surface area contributed by atoms with Gasteiger partial charge in [0.2, 0.25) is 0 Å². The van der Waals surface area contributed by atoms with Crippen LogP contribution in [-0.4, -0.2) is 5.78 Å². The minimum absolute atomic E-state index is 0.269. The summed E-state index contributed by atoms with van der Waals surface area (Å²) in [4.78, 5) is 11.7. The SMILES string of the molecule is Cc1cc(-c2ccc3c(c2)CCC3=O)c(C)cc1Cl. The van der Waals surface area contributed by atoms with E-state index >= 15 is 0 Å². The van der Waals surface area contributed by atoms with Crippen molar-refractivity contribution in [2.75, 3.05) is 0 Å². The van der Waals surface area contributed by atoms with Gasteiger partial charge in [0.25, 0.3) is 0 Å². The largest absolute Gasteiger partial charge is 0.294 e. The fraction of sp³-hybridized carbons (Fsp3) is 0.235. The van der Waals surface area contributed by atoms with Crippen molar-refractivity contribution < 1.29 is 4.79 Å². The van der Waals surface area contributed by atoms with Gasteiger partial charge in [0.05, 0.1) is 0 Å². The van der Waals surface area contributed by atoms with E-state index in [2.05, 4.69) is 19.1 Å². The van der Waals surface area contributed by atoms with Crippen LogP contribution in [0.25, 0.3) is 11.1 Å². The van der Waals surface area contributed by atoms with Crippen LogP contribution >= 0.6 is 11.6 Å². The molecular weight excluding hydrogens is 256 g/mol. The Morgan fingerprint density at radius 1 is 0.947 bits per heavy atom. The zero-order chi connectivity index (χ0) is 13.6. The molecule has 2 aromatic carbocycles. The number of fused-ring (bicyclic) bond motifs is 1. The smallest absolute Gasteiger partial charge is 0.163 e. The van der Waals surface area contributed by atoms with Crippen LogP contribution in [0, 0.1) is 13.8 Å². The molecule has 0 heterocycles. The molecule has 2 heteroatoms. The Morgan fingerprint density at radius 2 is 1.74 bits per heavy atom. The summed E-state index contributed by atoms with van der Waals surface area (Å²) < 4.78 is 0. The Kier molecular flexibility index (Phi) is 2.94. The second kappa shape index (κ2) is 4.50. The van der Waals surface area contributed by atoms with Crippen LogP contribution < -0.4 is 0 Å². The van der Waals surface area contributed by atoms with Gasteiger partial charge in [-0.05, 0) is 60.2 Å². The van der Waals surface area contributed by atoms with Crippen molar-refractivity contribution in [2.24, 2.45) is 0 Å². The number of carbonyl (C=O) groups is 1. The van der Waals surface area contributed by atoms with Crippen molar-refractivity contribution in [3.8, 4) is 11.1 Å². The summed E-state index contributed by atoms with van der Waals surface area (Å²) in [5, 5.41) is 0.803.